The summed E-state index contributed by atoms with van der Waals surface area (Å²) < 4.78 is 2.21. The molecule has 2 atom stereocenters. The van der Waals surface area contributed by atoms with Crippen LogP contribution in [0.5, 0.6) is 0 Å². The standard InChI is InChI=1S/C31H33N5OS/c1-20-10-11-22(3)26(18-20)33-28(37)14-17-36-30(29(34-31(36)38)25-8-5-6-15-32-25)27-9-7-16-35(27)24-13-12-21(2)23(4)19-24/h5-13,15-16,18-19,29-30H,14,17H2,1-4H3,(H,33,37)(H,34,38)/t29-,30-/m1/s1. The monoisotopic (exact) mass is 523 g/mol. The molecule has 1 saturated heterocycles. The number of nitrogens with one attached hydrogen (secondary N) is 2. The maximum atomic E-state index is 13.0. The van der Waals surface area contributed by atoms with E-state index in [2.05, 4.69) is 75.5 Å². The van der Waals surface area contributed by atoms with E-state index in [4.69, 9.17) is 12.2 Å². The average molecular weight is 524 g/mol. The molecule has 0 saturated carbocycles. The van der Waals surface area contributed by atoms with Gasteiger partial charge in [0.2, 0.25) is 5.91 Å². The molecule has 5 rings (SSSR count). The van der Waals surface area contributed by atoms with Crippen LogP contribution >= 0.6 is 12.2 Å². The van der Waals surface area contributed by atoms with Crippen molar-refractivity contribution in [1.29, 1.82) is 0 Å². The smallest absolute Gasteiger partial charge is 0.226 e. The minimum Gasteiger partial charge on any atom is -0.352 e. The van der Waals surface area contributed by atoms with Crippen molar-refractivity contribution in [3.8, 4) is 5.69 Å². The number of nitrogens with zero attached hydrogens (tertiary/aromatic N) is 3. The van der Waals surface area contributed by atoms with E-state index >= 15 is 0 Å². The van der Waals surface area contributed by atoms with Gasteiger partial charge in [-0.25, -0.2) is 0 Å². The fraction of sp³-hybridized carbons (Fsp3) is 0.258. The number of hydrogen-bond donors (Lipinski definition) is 2. The van der Waals surface area contributed by atoms with E-state index in [0.29, 0.717) is 18.1 Å². The number of aromatic nitrogens is 2. The summed E-state index contributed by atoms with van der Waals surface area (Å²) in [5.41, 5.74) is 8.60. The van der Waals surface area contributed by atoms with Crippen molar-refractivity contribution in [3.63, 3.8) is 0 Å². The molecule has 2 aromatic carbocycles. The lowest BCUT2D eigenvalue weighted by Crippen LogP contribution is -2.33. The van der Waals surface area contributed by atoms with E-state index in [1.165, 1.54) is 11.1 Å². The average Bonchev–Trinajstić information content (AvgIpc) is 3.51. The Balaban J connectivity index is 1.45. The molecule has 6 nitrogen and oxygen atoms in total. The van der Waals surface area contributed by atoms with Crippen LogP contribution in [-0.2, 0) is 4.79 Å². The molecule has 0 spiro atoms. The van der Waals surface area contributed by atoms with Crippen LogP contribution in [0, 0.1) is 27.7 Å². The summed E-state index contributed by atoms with van der Waals surface area (Å²) in [7, 11) is 0. The Kier molecular flexibility index (Phi) is 7.29. The minimum absolute atomic E-state index is 0.0360. The molecule has 38 heavy (non-hydrogen) atoms. The van der Waals surface area contributed by atoms with Crippen molar-refractivity contribution in [2.75, 3.05) is 11.9 Å². The molecule has 0 aliphatic carbocycles. The quantitative estimate of drug-likeness (QED) is 0.286. The predicted molar refractivity (Wildman–Crippen MR) is 157 cm³/mol. The van der Waals surface area contributed by atoms with Crippen LogP contribution in [-0.4, -0.2) is 32.0 Å². The van der Waals surface area contributed by atoms with Gasteiger partial charge in [-0.15, -0.1) is 0 Å². The molecule has 0 unspecified atom stereocenters. The van der Waals surface area contributed by atoms with Gasteiger partial charge >= 0.3 is 0 Å². The van der Waals surface area contributed by atoms with Crippen molar-refractivity contribution >= 4 is 28.9 Å². The Hall–Kier alpha value is -3.97. The number of thiocarbonyl (C=S) groups is 1. The van der Waals surface area contributed by atoms with Gasteiger partial charge in [-0.3, -0.25) is 9.78 Å². The van der Waals surface area contributed by atoms with Crippen LogP contribution in [0.4, 0.5) is 5.69 Å². The highest BCUT2D eigenvalue weighted by Crippen LogP contribution is 2.39. The topological polar surface area (TPSA) is 62.2 Å². The minimum atomic E-state index is -0.147. The Morgan fingerprint density at radius 1 is 0.974 bits per heavy atom. The lowest BCUT2D eigenvalue weighted by atomic mass is 10.0. The molecule has 1 aliphatic rings. The van der Waals surface area contributed by atoms with Crippen LogP contribution in [0.25, 0.3) is 5.69 Å². The number of aryl methyl sites for hydroxylation is 4. The summed E-state index contributed by atoms with van der Waals surface area (Å²) in [6.07, 6.45) is 4.20. The molecule has 7 heteroatoms. The van der Waals surface area contributed by atoms with Crippen molar-refractivity contribution in [1.82, 2.24) is 19.8 Å². The van der Waals surface area contributed by atoms with E-state index in [9.17, 15) is 4.79 Å². The third-order valence-corrected chi connectivity index (χ3v) is 7.65. The second-order valence-corrected chi connectivity index (χ2v) is 10.4. The van der Waals surface area contributed by atoms with Crippen LogP contribution in [0.15, 0.2) is 79.1 Å². The van der Waals surface area contributed by atoms with Gasteiger partial charge < -0.3 is 20.1 Å². The van der Waals surface area contributed by atoms with Gasteiger partial charge in [-0.2, -0.15) is 0 Å². The normalized spacial score (nSPS) is 16.9. The molecule has 0 radical (unpaired) electrons. The number of carbonyl (C=O) groups excluding carboxylic acids is 1. The van der Waals surface area contributed by atoms with E-state index in [0.717, 1.165) is 33.9 Å². The number of benzene rings is 2. The highest BCUT2D eigenvalue weighted by molar-refractivity contribution is 7.80. The van der Waals surface area contributed by atoms with E-state index in [-0.39, 0.29) is 18.0 Å². The van der Waals surface area contributed by atoms with Crippen LogP contribution in [0.1, 0.15) is 52.1 Å². The first-order valence-electron chi connectivity index (χ1n) is 12.9. The molecule has 4 aromatic rings. The molecule has 2 N–H and O–H groups in total. The Morgan fingerprint density at radius 3 is 2.55 bits per heavy atom. The third kappa shape index (κ3) is 5.20. The maximum absolute atomic E-state index is 13.0. The zero-order valence-electron chi connectivity index (χ0n) is 22.2. The van der Waals surface area contributed by atoms with E-state index < -0.39 is 0 Å². The van der Waals surface area contributed by atoms with Crippen LogP contribution < -0.4 is 10.6 Å². The van der Waals surface area contributed by atoms with Crippen LogP contribution in [0.3, 0.4) is 0 Å². The summed E-state index contributed by atoms with van der Waals surface area (Å²) >= 11 is 5.83. The number of amides is 1. The second-order valence-electron chi connectivity index (χ2n) is 10.0. The molecular weight excluding hydrogens is 490 g/mol. The second kappa shape index (κ2) is 10.8. The van der Waals surface area contributed by atoms with Crippen molar-refractivity contribution < 1.29 is 4.79 Å². The van der Waals surface area contributed by atoms with Gasteiger partial charge in [-0.1, -0.05) is 24.3 Å². The highest BCUT2D eigenvalue weighted by atomic mass is 32.1. The lowest BCUT2D eigenvalue weighted by Gasteiger charge is -2.29. The maximum Gasteiger partial charge on any atom is 0.226 e. The largest absolute Gasteiger partial charge is 0.352 e. The van der Waals surface area contributed by atoms with Crippen molar-refractivity contribution in [2.45, 2.75) is 46.2 Å². The molecule has 0 bridgehead atoms. The van der Waals surface area contributed by atoms with Gasteiger partial charge in [0.05, 0.1) is 17.8 Å². The summed E-state index contributed by atoms with van der Waals surface area (Å²) in [5.74, 6) is -0.0360. The summed E-state index contributed by atoms with van der Waals surface area (Å²) in [5, 5.41) is 7.21. The van der Waals surface area contributed by atoms with Gasteiger partial charge in [0, 0.05) is 42.4 Å². The van der Waals surface area contributed by atoms with Gasteiger partial charge in [0.15, 0.2) is 5.11 Å². The molecular formula is C31H33N5OS. The summed E-state index contributed by atoms with van der Waals surface area (Å²) in [4.78, 5) is 19.8. The summed E-state index contributed by atoms with van der Waals surface area (Å²) in [6, 6.07) is 22.4. The first kappa shape index (κ1) is 25.7. The predicted octanol–water partition coefficient (Wildman–Crippen LogP) is 6.11. The van der Waals surface area contributed by atoms with Crippen molar-refractivity contribution in [2.24, 2.45) is 0 Å². The number of anilines is 1. The molecule has 1 aliphatic heterocycles. The zero-order chi connectivity index (χ0) is 26.8. The SMILES string of the molecule is Cc1ccc(C)c(NC(=O)CCN2C(=S)N[C@H](c3ccccn3)[C@H]2c2cccn2-c2ccc(C)c(C)c2)c1. The number of carbonyl (C=O) groups is 1. The molecule has 2 aromatic heterocycles. The lowest BCUT2D eigenvalue weighted by molar-refractivity contribution is -0.116. The Bertz CT molecular complexity index is 1480. The Morgan fingerprint density at radius 2 is 1.79 bits per heavy atom. The molecule has 1 fully saturated rings. The van der Waals surface area contributed by atoms with Crippen molar-refractivity contribution in [3.05, 3.63) is 113 Å². The molecule has 3 heterocycles. The molecule has 194 valence electrons. The van der Waals surface area contributed by atoms with Gasteiger partial charge in [-0.05, 0) is 105 Å². The third-order valence-electron chi connectivity index (χ3n) is 7.30. The number of hydrogen-bond acceptors (Lipinski definition) is 3. The fourth-order valence-corrected chi connectivity index (χ4v) is 5.35. The highest BCUT2D eigenvalue weighted by Gasteiger charge is 2.41. The fourth-order valence-electron chi connectivity index (χ4n) is 5.02. The van der Waals surface area contributed by atoms with E-state index in [1.54, 1.807) is 6.20 Å². The summed E-state index contributed by atoms with van der Waals surface area (Å²) in [6.45, 7) is 8.76. The number of pyridine rings is 1. The number of rotatable bonds is 7. The zero-order valence-corrected chi connectivity index (χ0v) is 23.0. The van der Waals surface area contributed by atoms with Gasteiger partial charge in [0.25, 0.3) is 0 Å². The van der Waals surface area contributed by atoms with Gasteiger partial charge in [0.1, 0.15) is 0 Å². The van der Waals surface area contributed by atoms with Crippen LogP contribution in [0.2, 0.25) is 0 Å². The van der Waals surface area contributed by atoms with E-state index in [1.807, 2.05) is 50.2 Å². The Labute approximate surface area is 229 Å². The molecule has 1 amide bonds. The first-order chi connectivity index (χ1) is 18.3. The first-order valence-corrected chi connectivity index (χ1v) is 13.3.